The Balaban J connectivity index is 1.56. The van der Waals surface area contributed by atoms with Crippen LogP contribution in [0.15, 0.2) is 60.7 Å². The number of hydrogen-bond acceptors (Lipinski definition) is 5. The predicted molar refractivity (Wildman–Crippen MR) is 128 cm³/mol. The average Bonchev–Trinajstić information content (AvgIpc) is 3.62. The average molecular weight is 468 g/mol. The van der Waals surface area contributed by atoms with Gasteiger partial charge in [-0.25, -0.2) is 4.79 Å². The molecule has 1 aliphatic rings. The standard InChI is InChI=1S/C26H33N3O5/c1-26(2,3)34-25(32)29-21(15-19-12-8-5-9-13-19)24(31)27-16-23(30)28-20(22-17-33-22)14-18-10-6-4-7-11-18/h4-13,20-22H,14-17H2,1-3H3,(H,27,31)(H,28,30)(H,29,32)/t20-,21-,22?/m0/s1. The van der Waals surface area contributed by atoms with Gasteiger partial charge in [0, 0.05) is 6.42 Å². The van der Waals surface area contributed by atoms with Crippen LogP contribution in [0.5, 0.6) is 0 Å². The minimum Gasteiger partial charge on any atom is -0.444 e. The molecule has 1 saturated heterocycles. The molecule has 34 heavy (non-hydrogen) atoms. The highest BCUT2D eigenvalue weighted by Gasteiger charge is 2.34. The summed E-state index contributed by atoms with van der Waals surface area (Å²) in [4.78, 5) is 37.8. The minimum atomic E-state index is -0.892. The molecule has 8 heteroatoms. The number of benzene rings is 2. The molecule has 2 aromatic rings. The fraction of sp³-hybridized carbons (Fsp3) is 0.423. The van der Waals surface area contributed by atoms with Gasteiger partial charge in [-0.05, 0) is 38.3 Å². The zero-order valence-corrected chi connectivity index (χ0v) is 19.9. The zero-order chi connectivity index (χ0) is 24.6. The van der Waals surface area contributed by atoms with Crippen molar-refractivity contribution in [2.45, 2.75) is 57.4 Å². The highest BCUT2D eigenvalue weighted by molar-refractivity contribution is 5.89. The maximum Gasteiger partial charge on any atom is 0.408 e. The number of carbonyl (C=O) groups is 3. The SMILES string of the molecule is CC(C)(C)OC(=O)N[C@@H](Cc1ccccc1)C(=O)NCC(=O)N[C@@H](Cc1ccccc1)C1CO1. The van der Waals surface area contributed by atoms with Crippen LogP contribution in [0.1, 0.15) is 31.9 Å². The fourth-order valence-corrected chi connectivity index (χ4v) is 3.49. The van der Waals surface area contributed by atoms with E-state index in [2.05, 4.69) is 16.0 Å². The first kappa shape index (κ1) is 25.2. The van der Waals surface area contributed by atoms with Crippen LogP contribution in [0.3, 0.4) is 0 Å². The van der Waals surface area contributed by atoms with E-state index in [0.29, 0.717) is 13.0 Å². The second-order valence-electron chi connectivity index (χ2n) is 9.34. The van der Waals surface area contributed by atoms with Gasteiger partial charge < -0.3 is 25.4 Å². The van der Waals surface area contributed by atoms with E-state index < -0.39 is 23.6 Å². The Morgan fingerprint density at radius 3 is 2.03 bits per heavy atom. The van der Waals surface area contributed by atoms with Crippen LogP contribution >= 0.6 is 0 Å². The second kappa shape index (κ2) is 11.7. The van der Waals surface area contributed by atoms with Crippen LogP contribution < -0.4 is 16.0 Å². The molecule has 8 nitrogen and oxygen atoms in total. The van der Waals surface area contributed by atoms with Gasteiger partial charge >= 0.3 is 6.09 Å². The largest absolute Gasteiger partial charge is 0.444 e. The van der Waals surface area contributed by atoms with Gasteiger partial charge in [-0.2, -0.15) is 0 Å². The molecule has 1 unspecified atom stereocenters. The van der Waals surface area contributed by atoms with Crippen molar-refractivity contribution in [2.24, 2.45) is 0 Å². The Bertz CT molecular complexity index is 955. The van der Waals surface area contributed by atoms with Crippen molar-refractivity contribution in [3.8, 4) is 0 Å². The highest BCUT2D eigenvalue weighted by Crippen LogP contribution is 2.18. The van der Waals surface area contributed by atoms with Crippen LogP contribution in [-0.4, -0.2) is 54.8 Å². The summed E-state index contributed by atoms with van der Waals surface area (Å²) in [6, 6.07) is 18.1. The first-order valence-electron chi connectivity index (χ1n) is 11.5. The topological polar surface area (TPSA) is 109 Å². The molecular weight excluding hydrogens is 434 g/mol. The third-order valence-electron chi connectivity index (χ3n) is 5.17. The van der Waals surface area contributed by atoms with Crippen molar-refractivity contribution in [1.29, 1.82) is 0 Å². The summed E-state index contributed by atoms with van der Waals surface area (Å²) in [5.41, 5.74) is 1.27. The molecule has 0 radical (unpaired) electrons. The number of epoxide rings is 1. The normalized spacial score (nSPS) is 16.6. The number of hydrogen-bond donors (Lipinski definition) is 3. The van der Waals surface area contributed by atoms with E-state index in [1.807, 2.05) is 60.7 Å². The van der Waals surface area contributed by atoms with Crippen LogP contribution in [0.4, 0.5) is 4.79 Å². The molecule has 0 saturated carbocycles. The van der Waals surface area contributed by atoms with E-state index in [9.17, 15) is 14.4 Å². The molecular formula is C26H33N3O5. The molecule has 0 spiro atoms. The number of rotatable bonds is 10. The lowest BCUT2D eigenvalue weighted by Gasteiger charge is -2.23. The lowest BCUT2D eigenvalue weighted by Crippen LogP contribution is -2.52. The lowest BCUT2D eigenvalue weighted by atomic mass is 10.0. The van der Waals surface area contributed by atoms with E-state index in [1.165, 1.54) is 0 Å². The van der Waals surface area contributed by atoms with Gasteiger partial charge in [-0.1, -0.05) is 60.7 Å². The molecule has 3 amide bonds. The first-order chi connectivity index (χ1) is 16.2. The summed E-state index contributed by atoms with van der Waals surface area (Å²) in [6.45, 7) is 5.64. The number of alkyl carbamates (subject to hydrolysis) is 1. The fourth-order valence-electron chi connectivity index (χ4n) is 3.49. The van der Waals surface area contributed by atoms with E-state index in [-0.39, 0.29) is 31.0 Å². The minimum absolute atomic E-state index is 0.0282. The molecule has 0 aromatic heterocycles. The summed E-state index contributed by atoms with van der Waals surface area (Å²) in [5, 5.41) is 8.21. The molecule has 3 atom stereocenters. The van der Waals surface area contributed by atoms with Gasteiger partial charge in [-0.3, -0.25) is 9.59 Å². The van der Waals surface area contributed by atoms with Crippen molar-refractivity contribution in [1.82, 2.24) is 16.0 Å². The Morgan fingerprint density at radius 1 is 0.941 bits per heavy atom. The molecule has 3 N–H and O–H groups in total. The summed E-state index contributed by atoms with van der Waals surface area (Å²) in [5.74, 6) is -0.785. The van der Waals surface area contributed by atoms with Gasteiger partial charge in [0.05, 0.1) is 19.2 Å². The van der Waals surface area contributed by atoms with Crippen molar-refractivity contribution < 1.29 is 23.9 Å². The summed E-state index contributed by atoms with van der Waals surface area (Å²) >= 11 is 0. The first-order valence-corrected chi connectivity index (χ1v) is 11.5. The molecule has 3 rings (SSSR count). The van der Waals surface area contributed by atoms with Gasteiger partial charge in [0.15, 0.2) is 0 Å². The monoisotopic (exact) mass is 467 g/mol. The van der Waals surface area contributed by atoms with Crippen LogP contribution in [-0.2, 0) is 31.9 Å². The lowest BCUT2D eigenvalue weighted by molar-refractivity contribution is -0.127. The number of nitrogens with one attached hydrogen (secondary N) is 3. The molecule has 0 aliphatic carbocycles. The van der Waals surface area contributed by atoms with Crippen LogP contribution in [0.2, 0.25) is 0 Å². The van der Waals surface area contributed by atoms with Crippen LogP contribution in [0.25, 0.3) is 0 Å². The molecule has 1 fully saturated rings. The number of ether oxygens (including phenoxy) is 2. The van der Waals surface area contributed by atoms with Crippen molar-refractivity contribution >= 4 is 17.9 Å². The van der Waals surface area contributed by atoms with Crippen molar-refractivity contribution in [3.05, 3.63) is 71.8 Å². The highest BCUT2D eigenvalue weighted by atomic mass is 16.6. The van der Waals surface area contributed by atoms with Gasteiger partial charge in [0.1, 0.15) is 17.7 Å². The van der Waals surface area contributed by atoms with E-state index >= 15 is 0 Å². The Kier molecular flexibility index (Phi) is 8.65. The zero-order valence-electron chi connectivity index (χ0n) is 19.9. The molecule has 182 valence electrons. The molecule has 2 aromatic carbocycles. The van der Waals surface area contributed by atoms with E-state index in [4.69, 9.17) is 9.47 Å². The van der Waals surface area contributed by atoms with Gasteiger partial charge in [0.25, 0.3) is 0 Å². The Hall–Kier alpha value is -3.39. The molecule has 1 heterocycles. The quantitative estimate of drug-likeness (QED) is 0.465. The Labute approximate surface area is 200 Å². The second-order valence-corrected chi connectivity index (χ2v) is 9.34. The van der Waals surface area contributed by atoms with E-state index in [0.717, 1.165) is 11.1 Å². The molecule has 1 aliphatic heterocycles. The van der Waals surface area contributed by atoms with Gasteiger partial charge in [-0.15, -0.1) is 0 Å². The summed E-state index contributed by atoms with van der Waals surface area (Å²) < 4.78 is 10.7. The number of amides is 3. The van der Waals surface area contributed by atoms with Crippen LogP contribution in [0, 0.1) is 0 Å². The molecule has 0 bridgehead atoms. The summed E-state index contributed by atoms with van der Waals surface area (Å²) in [7, 11) is 0. The smallest absolute Gasteiger partial charge is 0.408 e. The maximum atomic E-state index is 12.9. The summed E-state index contributed by atoms with van der Waals surface area (Å²) in [6.07, 6.45) is 0.184. The van der Waals surface area contributed by atoms with Crippen molar-refractivity contribution in [3.63, 3.8) is 0 Å². The Morgan fingerprint density at radius 2 is 1.50 bits per heavy atom. The maximum absolute atomic E-state index is 12.9. The van der Waals surface area contributed by atoms with Gasteiger partial charge in [0.2, 0.25) is 11.8 Å². The predicted octanol–water partition coefficient (Wildman–Crippen LogP) is 2.36. The number of carbonyl (C=O) groups excluding carboxylic acids is 3. The van der Waals surface area contributed by atoms with E-state index in [1.54, 1.807) is 20.8 Å². The third kappa shape index (κ3) is 8.86. The third-order valence-corrected chi connectivity index (χ3v) is 5.17. The van der Waals surface area contributed by atoms with Crippen molar-refractivity contribution in [2.75, 3.05) is 13.2 Å².